The zero-order chi connectivity index (χ0) is 23.4. The molecule has 174 valence electrons. The minimum absolute atomic E-state index is 0.0585. The molecular weight excluding hydrogens is 410 g/mol. The maximum Gasteiger partial charge on any atom is 0.132 e. The van der Waals surface area contributed by atoms with E-state index in [1.54, 1.807) is 0 Å². The monoisotopic (exact) mass is 445 g/mol. The molecule has 1 N–H and O–H groups in total. The molecule has 0 aliphatic carbocycles. The lowest BCUT2D eigenvalue weighted by molar-refractivity contribution is -0.177. The Hall–Kier alpha value is -2.82. The Kier molecular flexibility index (Phi) is 7.06. The van der Waals surface area contributed by atoms with E-state index in [2.05, 4.69) is 101 Å². The number of fused-ring (bicyclic) bond motifs is 1. The van der Waals surface area contributed by atoms with Crippen molar-refractivity contribution in [2.24, 2.45) is 0 Å². The van der Waals surface area contributed by atoms with E-state index < -0.39 is 5.60 Å². The number of hydrogen-bond acceptors (Lipinski definition) is 4. The molecule has 0 aromatic heterocycles. The third-order valence-electron chi connectivity index (χ3n) is 5.96. The van der Waals surface area contributed by atoms with Crippen molar-refractivity contribution in [1.82, 2.24) is 0 Å². The van der Waals surface area contributed by atoms with Gasteiger partial charge in [0.1, 0.15) is 23.6 Å². The minimum atomic E-state index is -0.532. The number of anilines is 1. The number of ether oxygens (including phenoxy) is 3. The number of hydrogen-bond donors (Lipinski definition) is 1. The Balaban J connectivity index is 1.58. The second-order valence-corrected chi connectivity index (χ2v) is 9.62. The number of rotatable bonds is 8. The molecule has 1 aliphatic rings. The topological polar surface area (TPSA) is 39.7 Å². The highest BCUT2D eigenvalue weighted by atomic mass is 16.6. The number of aryl methyl sites for hydroxylation is 1. The van der Waals surface area contributed by atoms with Crippen LogP contribution in [-0.2, 0) is 22.6 Å². The van der Waals surface area contributed by atoms with Gasteiger partial charge in [0.2, 0.25) is 0 Å². The van der Waals surface area contributed by atoms with Gasteiger partial charge < -0.3 is 19.5 Å². The lowest BCUT2D eigenvalue weighted by Gasteiger charge is -2.45. The minimum Gasteiger partial charge on any atom is -0.485 e. The van der Waals surface area contributed by atoms with Crippen molar-refractivity contribution < 1.29 is 14.2 Å². The van der Waals surface area contributed by atoms with Gasteiger partial charge in [-0.25, -0.2) is 0 Å². The lowest BCUT2D eigenvalue weighted by atomic mass is 9.87. The summed E-state index contributed by atoms with van der Waals surface area (Å²) in [7, 11) is 0. The second-order valence-electron chi connectivity index (χ2n) is 9.62. The molecule has 0 saturated heterocycles. The van der Waals surface area contributed by atoms with Crippen molar-refractivity contribution >= 4 is 5.69 Å². The van der Waals surface area contributed by atoms with E-state index in [9.17, 15) is 0 Å². The summed E-state index contributed by atoms with van der Waals surface area (Å²) in [6, 6.07) is 25.1. The average Bonchev–Trinajstić information content (AvgIpc) is 2.78. The quantitative estimate of drug-likeness (QED) is 0.412. The van der Waals surface area contributed by atoms with E-state index in [0.717, 1.165) is 29.1 Å². The molecule has 0 saturated carbocycles. The van der Waals surface area contributed by atoms with E-state index in [-0.39, 0.29) is 18.3 Å². The largest absolute Gasteiger partial charge is 0.485 e. The maximum atomic E-state index is 6.49. The third kappa shape index (κ3) is 5.76. The first-order valence-corrected chi connectivity index (χ1v) is 11.8. The van der Waals surface area contributed by atoms with E-state index in [1.165, 1.54) is 11.1 Å². The van der Waals surface area contributed by atoms with Crippen LogP contribution in [0, 0.1) is 6.92 Å². The molecular formula is C29H35NO3. The summed E-state index contributed by atoms with van der Waals surface area (Å²) in [4.78, 5) is 0. The van der Waals surface area contributed by atoms with Crippen LogP contribution < -0.4 is 10.1 Å². The summed E-state index contributed by atoms with van der Waals surface area (Å²) >= 11 is 0. The molecule has 0 amide bonds. The van der Waals surface area contributed by atoms with E-state index in [4.69, 9.17) is 14.2 Å². The predicted octanol–water partition coefficient (Wildman–Crippen LogP) is 6.83. The van der Waals surface area contributed by atoms with Crippen LogP contribution in [0.4, 0.5) is 5.69 Å². The maximum absolute atomic E-state index is 6.49. The van der Waals surface area contributed by atoms with Crippen molar-refractivity contribution in [2.75, 3.05) is 5.32 Å². The SMILES string of the molecule is Cc1ccc(COC2C(OC(C)C)c3cc(NCc4ccccc4)ccc3OC2(C)C)cc1. The van der Waals surface area contributed by atoms with Gasteiger partial charge in [0.25, 0.3) is 0 Å². The van der Waals surface area contributed by atoms with Crippen molar-refractivity contribution in [3.8, 4) is 5.75 Å². The van der Waals surface area contributed by atoms with Crippen LogP contribution in [-0.4, -0.2) is 17.8 Å². The Bertz CT molecular complexity index is 1040. The first-order valence-electron chi connectivity index (χ1n) is 11.8. The highest BCUT2D eigenvalue weighted by Gasteiger charge is 2.46. The van der Waals surface area contributed by atoms with Gasteiger partial charge in [0, 0.05) is 17.8 Å². The summed E-state index contributed by atoms with van der Waals surface area (Å²) < 4.78 is 19.4. The van der Waals surface area contributed by atoms with E-state index >= 15 is 0 Å². The number of benzene rings is 3. The summed E-state index contributed by atoms with van der Waals surface area (Å²) in [6.07, 6.45) is -0.422. The van der Waals surface area contributed by atoms with E-state index in [0.29, 0.717) is 6.61 Å². The van der Waals surface area contributed by atoms with Gasteiger partial charge >= 0.3 is 0 Å². The van der Waals surface area contributed by atoms with Gasteiger partial charge in [-0.1, -0.05) is 60.2 Å². The third-order valence-corrected chi connectivity index (χ3v) is 5.96. The summed E-state index contributed by atoms with van der Waals surface area (Å²) in [5.41, 5.74) is 5.15. The van der Waals surface area contributed by atoms with Crippen LogP contribution in [0.5, 0.6) is 5.75 Å². The van der Waals surface area contributed by atoms with Crippen LogP contribution in [0.2, 0.25) is 0 Å². The Labute approximate surface area is 197 Å². The summed E-state index contributed by atoms with van der Waals surface area (Å²) in [6.45, 7) is 11.6. The standard InChI is InChI=1S/C29H35NO3/c1-20(2)32-27-25-17-24(30-18-22-9-7-6-8-10-22)15-16-26(25)33-29(4,5)28(27)31-19-23-13-11-21(3)12-14-23/h6-17,20,27-28,30H,18-19H2,1-5H3. The van der Waals surface area contributed by atoms with Gasteiger partial charge in [0.05, 0.1) is 12.7 Å². The predicted molar refractivity (Wildman–Crippen MR) is 134 cm³/mol. The van der Waals surface area contributed by atoms with Crippen LogP contribution >= 0.6 is 0 Å². The molecule has 0 bridgehead atoms. The van der Waals surface area contributed by atoms with Crippen molar-refractivity contribution in [2.45, 2.75) is 71.7 Å². The van der Waals surface area contributed by atoms with Crippen molar-refractivity contribution in [1.29, 1.82) is 0 Å². The Morgan fingerprint density at radius 1 is 0.939 bits per heavy atom. The molecule has 0 spiro atoms. The zero-order valence-electron chi connectivity index (χ0n) is 20.3. The molecule has 3 aromatic carbocycles. The Morgan fingerprint density at radius 3 is 2.36 bits per heavy atom. The summed E-state index contributed by atoms with van der Waals surface area (Å²) in [5, 5.41) is 3.53. The highest BCUT2D eigenvalue weighted by molar-refractivity contribution is 5.54. The van der Waals surface area contributed by atoms with E-state index in [1.807, 2.05) is 12.1 Å². The fraction of sp³-hybridized carbons (Fsp3) is 0.379. The molecule has 4 nitrogen and oxygen atoms in total. The van der Waals surface area contributed by atoms with Gasteiger partial charge in [0.15, 0.2) is 0 Å². The molecule has 4 heteroatoms. The van der Waals surface area contributed by atoms with Gasteiger partial charge in [-0.3, -0.25) is 0 Å². The second kappa shape index (κ2) is 9.98. The molecule has 1 heterocycles. The molecule has 3 aromatic rings. The van der Waals surface area contributed by atoms with Crippen molar-refractivity contribution in [3.63, 3.8) is 0 Å². The van der Waals surface area contributed by atoms with Gasteiger partial charge in [-0.15, -0.1) is 0 Å². The average molecular weight is 446 g/mol. The van der Waals surface area contributed by atoms with Crippen LogP contribution in [0.25, 0.3) is 0 Å². The van der Waals surface area contributed by atoms with Crippen LogP contribution in [0.15, 0.2) is 72.8 Å². The molecule has 0 fully saturated rings. The molecule has 33 heavy (non-hydrogen) atoms. The lowest BCUT2D eigenvalue weighted by Crippen LogP contribution is -2.51. The zero-order valence-corrected chi connectivity index (χ0v) is 20.3. The highest BCUT2D eigenvalue weighted by Crippen LogP contribution is 2.45. The fourth-order valence-corrected chi connectivity index (χ4v) is 4.24. The molecule has 2 atom stereocenters. The first kappa shape index (κ1) is 23.3. The summed E-state index contributed by atoms with van der Waals surface area (Å²) in [5.74, 6) is 0.853. The number of nitrogens with one attached hydrogen (secondary N) is 1. The molecule has 2 unspecified atom stereocenters. The Morgan fingerprint density at radius 2 is 1.67 bits per heavy atom. The van der Waals surface area contributed by atoms with Gasteiger partial charge in [-0.2, -0.15) is 0 Å². The normalized spacial score (nSPS) is 19.1. The molecule has 0 radical (unpaired) electrons. The first-order chi connectivity index (χ1) is 15.8. The smallest absolute Gasteiger partial charge is 0.132 e. The fourth-order valence-electron chi connectivity index (χ4n) is 4.24. The van der Waals surface area contributed by atoms with Gasteiger partial charge in [-0.05, 0) is 63.9 Å². The van der Waals surface area contributed by atoms with Crippen LogP contribution in [0.1, 0.15) is 56.1 Å². The molecule has 1 aliphatic heterocycles. The van der Waals surface area contributed by atoms with Crippen LogP contribution in [0.3, 0.4) is 0 Å². The van der Waals surface area contributed by atoms with Crippen molar-refractivity contribution in [3.05, 3.63) is 95.1 Å². The molecule has 4 rings (SSSR count).